The molecule has 4 rings (SSSR count). The van der Waals surface area contributed by atoms with Crippen LogP contribution >= 0.6 is 0 Å². The fraction of sp³-hybridized carbons (Fsp3) is 0.240. The maximum atomic E-state index is 13.1. The van der Waals surface area contributed by atoms with Crippen LogP contribution < -0.4 is 0 Å². The van der Waals surface area contributed by atoms with Gasteiger partial charge in [0.05, 0.1) is 24.1 Å². The van der Waals surface area contributed by atoms with E-state index in [9.17, 15) is 18.0 Å². The number of ether oxygens (including phenoxy) is 1. The van der Waals surface area contributed by atoms with Crippen LogP contribution in [-0.4, -0.2) is 27.2 Å². The molecule has 0 unspecified atom stereocenters. The summed E-state index contributed by atoms with van der Waals surface area (Å²) in [6.07, 6.45) is -0.921. The highest BCUT2D eigenvalue weighted by Crippen LogP contribution is 2.34. The number of nitrogens with zero attached hydrogens (tertiary/aromatic N) is 3. The van der Waals surface area contributed by atoms with Crippen molar-refractivity contribution in [1.29, 1.82) is 0 Å². The molecule has 0 saturated heterocycles. The van der Waals surface area contributed by atoms with E-state index in [-0.39, 0.29) is 6.61 Å². The van der Waals surface area contributed by atoms with E-state index in [1.807, 2.05) is 30.3 Å². The molecule has 33 heavy (non-hydrogen) atoms. The molecule has 0 N–H and O–H groups in total. The van der Waals surface area contributed by atoms with E-state index in [4.69, 9.17) is 4.74 Å². The molecule has 0 fully saturated rings. The lowest BCUT2D eigenvalue weighted by molar-refractivity contribution is -0.149. The predicted molar refractivity (Wildman–Crippen MR) is 118 cm³/mol. The Morgan fingerprint density at radius 1 is 1.03 bits per heavy atom. The number of alkyl halides is 3. The van der Waals surface area contributed by atoms with E-state index in [0.29, 0.717) is 28.9 Å². The summed E-state index contributed by atoms with van der Waals surface area (Å²) in [4.78, 5) is 17.5. The zero-order chi connectivity index (χ0) is 23.6. The Labute approximate surface area is 188 Å². The zero-order valence-corrected chi connectivity index (χ0v) is 18.1. The van der Waals surface area contributed by atoms with Crippen LogP contribution in [0.25, 0.3) is 16.8 Å². The average Bonchev–Trinajstić information content (AvgIpc) is 3.23. The molecule has 8 heteroatoms. The number of halogens is 3. The first-order valence-electron chi connectivity index (χ1n) is 10.5. The van der Waals surface area contributed by atoms with Gasteiger partial charge in [0.1, 0.15) is 5.41 Å². The van der Waals surface area contributed by atoms with Crippen molar-refractivity contribution in [3.05, 3.63) is 89.9 Å². The lowest BCUT2D eigenvalue weighted by Gasteiger charge is -2.28. The van der Waals surface area contributed by atoms with Crippen molar-refractivity contribution in [1.82, 2.24) is 14.6 Å². The highest BCUT2D eigenvalue weighted by Gasteiger charge is 2.40. The number of carbonyl (C=O) groups excluding carboxylic acids is 1. The van der Waals surface area contributed by atoms with E-state index >= 15 is 0 Å². The summed E-state index contributed by atoms with van der Waals surface area (Å²) < 4.78 is 45.8. The molecular weight excluding hydrogens is 431 g/mol. The summed E-state index contributed by atoms with van der Waals surface area (Å²) in [5.41, 5.74) is 1.29. The van der Waals surface area contributed by atoms with Crippen LogP contribution in [-0.2, 0) is 27.5 Å². The Bertz CT molecular complexity index is 1270. The second-order valence-corrected chi connectivity index (χ2v) is 7.91. The van der Waals surface area contributed by atoms with Crippen molar-refractivity contribution in [2.45, 2.75) is 31.9 Å². The van der Waals surface area contributed by atoms with Crippen LogP contribution in [0, 0.1) is 0 Å². The minimum Gasteiger partial charge on any atom is -0.465 e. The SMILES string of the molecule is CCOC(=O)[C@@](C)(Cc1ccccc1)c1ccnc2c(-c3ccc(C(F)(F)F)cc3)cnn12. The molecule has 0 amide bonds. The van der Waals surface area contributed by atoms with Gasteiger partial charge in [-0.1, -0.05) is 42.5 Å². The molecule has 0 aliphatic heterocycles. The van der Waals surface area contributed by atoms with Crippen LogP contribution in [0.2, 0.25) is 0 Å². The number of benzene rings is 2. The lowest BCUT2D eigenvalue weighted by Crippen LogP contribution is -2.38. The van der Waals surface area contributed by atoms with Gasteiger partial charge in [0.2, 0.25) is 0 Å². The standard InChI is InChI=1S/C25H22F3N3O2/c1-3-33-23(32)24(2,15-17-7-5-4-6-8-17)21-13-14-29-22-20(16-30-31(21)22)18-9-11-19(12-10-18)25(26,27)28/h4-14,16H,3,15H2,1-2H3/t24-/m0/s1. The average molecular weight is 453 g/mol. The highest BCUT2D eigenvalue weighted by molar-refractivity contribution is 5.84. The molecule has 4 aromatic rings. The summed E-state index contributed by atoms with van der Waals surface area (Å²) in [5, 5.41) is 4.44. The Hall–Kier alpha value is -3.68. The molecular formula is C25H22F3N3O2. The molecule has 2 aromatic heterocycles. The van der Waals surface area contributed by atoms with Crippen molar-refractivity contribution in [3.63, 3.8) is 0 Å². The second kappa shape index (κ2) is 8.69. The van der Waals surface area contributed by atoms with E-state index < -0.39 is 23.1 Å². The Kier molecular flexibility index (Phi) is 5.93. The minimum absolute atomic E-state index is 0.230. The molecule has 2 heterocycles. The third-order valence-electron chi connectivity index (χ3n) is 5.62. The number of hydrogen-bond acceptors (Lipinski definition) is 4. The Balaban J connectivity index is 1.81. The number of rotatable bonds is 6. The summed E-state index contributed by atoms with van der Waals surface area (Å²) in [6.45, 7) is 3.78. The number of esters is 1. The highest BCUT2D eigenvalue weighted by atomic mass is 19.4. The number of hydrogen-bond donors (Lipinski definition) is 0. The molecule has 0 bridgehead atoms. The van der Waals surface area contributed by atoms with E-state index in [1.54, 1.807) is 36.8 Å². The van der Waals surface area contributed by atoms with Gasteiger partial charge in [0.15, 0.2) is 5.65 Å². The van der Waals surface area contributed by atoms with Gasteiger partial charge in [0.25, 0.3) is 0 Å². The second-order valence-electron chi connectivity index (χ2n) is 7.91. The monoisotopic (exact) mass is 453 g/mol. The third-order valence-corrected chi connectivity index (χ3v) is 5.62. The van der Waals surface area contributed by atoms with Crippen LogP contribution in [0.3, 0.4) is 0 Å². The molecule has 0 radical (unpaired) electrons. The van der Waals surface area contributed by atoms with Gasteiger partial charge in [-0.25, -0.2) is 9.50 Å². The predicted octanol–water partition coefficient (Wildman–Crippen LogP) is 5.48. The first-order chi connectivity index (χ1) is 15.7. The van der Waals surface area contributed by atoms with Gasteiger partial charge in [-0.05, 0) is 49.6 Å². The Morgan fingerprint density at radius 3 is 2.36 bits per heavy atom. The van der Waals surface area contributed by atoms with Gasteiger partial charge in [0, 0.05) is 11.8 Å². The number of carbonyl (C=O) groups is 1. The lowest BCUT2D eigenvalue weighted by atomic mass is 9.80. The summed E-state index contributed by atoms with van der Waals surface area (Å²) in [6, 6.07) is 16.1. The molecule has 2 aromatic carbocycles. The summed E-state index contributed by atoms with van der Waals surface area (Å²) in [7, 11) is 0. The quantitative estimate of drug-likeness (QED) is 0.363. The smallest absolute Gasteiger partial charge is 0.416 e. The molecule has 0 spiro atoms. The maximum absolute atomic E-state index is 13.1. The topological polar surface area (TPSA) is 56.5 Å². The van der Waals surface area contributed by atoms with Crippen LogP contribution in [0.4, 0.5) is 13.2 Å². The summed E-state index contributed by atoms with van der Waals surface area (Å²) in [5.74, 6) is -0.395. The van der Waals surface area contributed by atoms with Crippen LogP contribution in [0.5, 0.6) is 0 Å². The third kappa shape index (κ3) is 4.33. The van der Waals surface area contributed by atoms with Crippen molar-refractivity contribution in [2.24, 2.45) is 0 Å². The molecule has 0 aliphatic rings. The van der Waals surface area contributed by atoms with Gasteiger partial charge in [-0.2, -0.15) is 18.3 Å². The van der Waals surface area contributed by atoms with Crippen molar-refractivity contribution in [2.75, 3.05) is 6.61 Å². The van der Waals surface area contributed by atoms with Crippen molar-refractivity contribution in [3.8, 4) is 11.1 Å². The maximum Gasteiger partial charge on any atom is 0.416 e. The first-order valence-corrected chi connectivity index (χ1v) is 10.5. The number of fused-ring (bicyclic) bond motifs is 1. The normalized spacial score (nSPS) is 13.6. The van der Waals surface area contributed by atoms with E-state index in [0.717, 1.165) is 17.7 Å². The fourth-order valence-corrected chi connectivity index (χ4v) is 3.91. The first kappa shape index (κ1) is 22.5. The summed E-state index contributed by atoms with van der Waals surface area (Å²) >= 11 is 0. The minimum atomic E-state index is -4.41. The molecule has 170 valence electrons. The van der Waals surface area contributed by atoms with E-state index in [2.05, 4.69) is 10.1 Å². The van der Waals surface area contributed by atoms with Gasteiger partial charge >= 0.3 is 12.1 Å². The van der Waals surface area contributed by atoms with Crippen molar-refractivity contribution < 1.29 is 22.7 Å². The van der Waals surface area contributed by atoms with Crippen LogP contribution in [0.15, 0.2) is 73.1 Å². The van der Waals surface area contributed by atoms with E-state index in [1.165, 1.54) is 12.1 Å². The van der Waals surface area contributed by atoms with Gasteiger partial charge < -0.3 is 4.74 Å². The molecule has 0 aliphatic carbocycles. The number of aromatic nitrogens is 3. The van der Waals surface area contributed by atoms with Crippen LogP contribution in [0.1, 0.15) is 30.7 Å². The Morgan fingerprint density at radius 2 is 1.73 bits per heavy atom. The molecule has 1 atom stereocenters. The largest absolute Gasteiger partial charge is 0.465 e. The molecule has 0 saturated carbocycles. The molecule has 5 nitrogen and oxygen atoms in total. The zero-order valence-electron chi connectivity index (χ0n) is 18.1. The van der Waals surface area contributed by atoms with Crippen molar-refractivity contribution >= 4 is 11.6 Å². The fourth-order valence-electron chi connectivity index (χ4n) is 3.91. The van der Waals surface area contributed by atoms with Gasteiger partial charge in [-0.3, -0.25) is 4.79 Å². The van der Waals surface area contributed by atoms with Gasteiger partial charge in [-0.15, -0.1) is 0 Å².